The van der Waals surface area contributed by atoms with E-state index in [0.717, 1.165) is 8.79 Å². The fraction of sp³-hybridized carbons (Fsp3) is 0. The van der Waals surface area contributed by atoms with Crippen molar-refractivity contribution < 1.29 is 8.78 Å². The Hall–Kier alpha value is -0.910. The Morgan fingerprint density at radius 1 is 0.867 bits per heavy atom. The molecule has 0 atom stereocenters. The normalized spacial score (nSPS) is 11.3. The maximum atomic E-state index is 13.6. The maximum absolute atomic E-state index is 13.6. The Balaban J connectivity index is 2.63. The summed E-state index contributed by atoms with van der Waals surface area (Å²) < 4.78 is 28.9. The minimum atomic E-state index is -0.752. The predicted molar refractivity (Wildman–Crippen MR) is 58.3 cm³/mol. The van der Waals surface area contributed by atoms with Crippen molar-refractivity contribution in [3.05, 3.63) is 48.0 Å². The van der Waals surface area contributed by atoms with Gasteiger partial charge in [-0.2, -0.15) is 0 Å². The van der Waals surface area contributed by atoms with Crippen LogP contribution in [0.15, 0.2) is 36.4 Å². The van der Waals surface area contributed by atoms with E-state index in [-0.39, 0.29) is 0 Å². The van der Waals surface area contributed by atoms with Crippen molar-refractivity contribution in [2.45, 2.75) is 0 Å². The van der Waals surface area contributed by atoms with Crippen molar-refractivity contribution in [2.75, 3.05) is 0 Å². The number of benzene rings is 2. The van der Waals surface area contributed by atoms with Crippen LogP contribution in [0.1, 0.15) is 0 Å². The first-order chi connectivity index (χ1) is 7.27. The summed E-state index contributed by atoms with van der Waals surface area (Å²) in [6.45, 7) is 0. The van der Waals surface area contributed by atoms with Crippen molar-refractivity contribution in [1.29, 1.82) is 0 Å². The van der Waals surface area contributed by atoms with E-state index in [1.807, 2.05) is 24.3 Å². The van der Waals surface area contributed by atoms with Gasteiger partial charge in [0.25, 0.3) is 0 Å². The molecule has 1 heterocycles. The van der Waals surface area contributed by atoms with E-state index in [4.69, 9.17) is 0 Å². The number of hydrogen-bond donors (Lipinski definition) is 0. The van der Waals surface area contributed by atoms with Crippen molar-refractivity contribution in [3.8, 4) is 0 Å². The molecule has 0 aliphatic carbocycles. The second-order valence-corrected chi connectivity index (χ2v) is 6.43. The van der Waals surface area contributed by atoms with Crippen molar-refractivity contribution >= 4 is 38.0 Å². The third-order valence-corrected chi connectivity index (χ3v) is 5.68. The summed E-state index contributed by atoms with van der Waals surface area (Å²) in [5.41, 5.74) is 0. The van der Waals surface area contributed by atoms with Gasteiger partial charge < -0.3 is 0 Å². The van der Waals surface area contributed by atoms with Gasteiger partial charge in [-0.05, 0) is 0 Å². The van der Waals surface area contributed by atoms with E-state index in [1.165, 1.54) is 9.47 Å². The third kappa shape index (κ3) is 1.31. The minimum absolute atomic E-state index is 0.494. The molecule has 0 unspecified atom stereocenters. The number of fused-ring (bicyclic) bond motifs is 3. The van der Waals surface area contributed by atoms with Gasteiger partial charge in [-0.1, -0.05) is 0 Å². The second-order valence-electron chi connectivity index (χ2n) is 3.33. The quantitative estimate of drug-likeness (QED) is 0.558. The zero-order chi connectivity index (χ0) is 10.4. The van der Waals surface area contributed by atoms with Crippen LogP contribution in [0.2, 0.25) is 0 Å². The average Bonchev–Trinajstić information content (AvgIpc) is 2.62. The van der Waals surface area contributed by atoms with E-state index >= 15 is 0 Å². The molecule has 0 N–H and O–H groups in total. The van der Waals surface area contributed by atoms with Gasteiger partial charge in [-0.3, -0.25) is 0 Å². The van der Waals surface area contributed by atoms with E-state index in [2.05, 4.69) is 0 Å². The van der Waals surface area contributed by atoms with Crippen LogP contribution >= 0.6 is 0 Å². The molecule has 0 aliphatic heterocycles. The van der Waals surface area contributed by atoms with Crippen LogP contribution in [0, 0.1) is 11.6 Å². The predicted octanol–water partition coefficient (Wildman–Crippen LogP) is 3.33. The summed E-state index contributed by atoms with van der Waals surface area (Å²) in [7, 11) is 0. The zero-order valence-corrected chi connectivity index (χ0v) is 9.96. The second kappa shape index (κ2) is 3.30. The van der Waals surface area contributed by atoms with E-state index < -0.39 is 32.1 Å². The fourth-order valence-corrected chi connectivity index (χ4v) is 4.89. The molecule has 3 rings (SSSR count). The first-order valence-corrected chi connectivity index (χ1v) is 6.85. The molecule has 2 aromatic carbocycles. The molecule has 0 nitrogen and oxygen atoms in total. The average molecular weight is 316 g/mol. The van der Waals surface area contributed by atoms with Crippen LogP contribution < -0.4 is 0 Å². The third-order valence-electron chi connectivity index (χ3n) is 2.43. The Morgan fingerprint density at radius 3 is 2.53 bits per heavy atom. The molecule has 0 amide bonds. The summed E-state index contributed by atoms with van der Waals surface area (Å²) >= 11 is -0.521. The van der Waals surface area contributed by atoms with E-state index in [1.54, 1.807) is 6.07 Å². The van der Waals surface area contributed by atoms with Gasteiger partial charge in [0.15, 0.2) is 0 Å². The van der Waals surface area contributed by atoms with Crippen LogP contribution in [0.5, 0.6) is 0 Å². The van der Waals surface area contributed by atoms with Gasteiger partial charge in [0.2, 0.25) is 0 Å². The fourth-order valence-electron chi connectivity index (χ4n) is 1.75. The van der Waals surface area contributed by atoms with Crippen LogP contribution in [-0.4, -0.2) is 20.4 Å². The molecule has 15 heavy (non-hydrogen) atoms. The molecule has 3 heteroatoms. The van der Waals surface area contributed by atoms with E-state index in [9.17, 15) is 8.78 Å². The van der Waals surface area contributed by atoms with Gasteiger partial charge in [0, 0.05) is 0 Å². The molecule has 0 aliphatic rings. The summed E-state index contributed by atoms with van der Waals surface area (Å²) in [6.07, 6.45) is 0. The molecular weight excluding hydrogens is 310 g/mol. The molecule has 0 spiro atoms. The Labute approximate surface area is 94.8 Å². The van der Waals surface area contributed by atoms with Gasteiger partial charge >= 0.3 is 94.8 Å². The van der Waals surface area contributed by atoms with Crippen LogP contribution in [0.3, 0.4) is 0 Å². The number of rotatable bonds is 0. The van der Waals surface area contributed by atoms with Gasteiger partial charge in [0.05, 0.1) is 0 Å². The first kappa shape index (κ1) is 9.33. The van der Waals surface area contributed by atoms with Gasteiger partial charge in [0.1, 0.15) is 0 Å². The van der Waals surface area contributed by atoms with Crippen molar-refractivity contribution in [3.63, 3.8) is 0 Å². The summed E-state index contributed by atoms with van der Waals surface area (Å²) in [5.74, 6) is -1.44. The molecular formula is C12H6F2Te. The molecule has 1 aromatic heterocycles. The first-order valence-electron chi connectivity index (χ1n) is 4.52. The van der Waals surface area contributed by atoms with Crippen LogP contribution in [0.4, 0.5) is 8.78 Å². The summed E-state index contributed by atoms with van der Waals surface area (Å²) in [5, 5.41) is 1.37. The molecule has 0 bridgehead atoms. The van der Waals surface area contributed by atoms with Crippen molar-refractivity contribution in [1.82, 2.24) is 0 Å². The SMILES string of the molecule is Fc1ccc2[te]c3ccccc3c2c1F. The van der Waals surface area contributed by atoms with E-state index in [0.29, 0.717) is 5.39 Å². The summed E-state index contributed by atoms with van der Waals surface area (Å²) in [4.78, 5) is 0. The zero-order valence-electron chi connectivity index (χ0n) is 7.63. The molecule has 0 saturated heterocycles. The molecule has 74 valence electrons. The Bertz CT molecular complexity index is 655. The Morgan fingerprint density at radius 2 is 1.67 bits per heavy atom. The van der Waals surface area contributed by atoms with Gasteiger partial charge in [-0.15, -0.1) is 0 Å². The van der Waals surface area contributed by atoms with Crippen LogP contribution in [0.25, 0.3) is 17.6 Å². The molecule has 0 fully saturated rings. The molecule has 0 radical (unpaired) electrons. The Kier molecular flexibility index (Phi) is 2.05. The molecule has 0 saturated carbocycles. The standard InChI is InChI=1S/C12H6F2Te/c13-8-5-6-10-11(12(8)14)7-3-1-2-4-9(7)15-10/h1-6H. The molecule has 3 aromatic rings. The van der Waals surface area contributed by atoms with Crippen molar-refractivity contribution in [2.24, 2.45) is 0 Å². The van der Waals surface area contributed by atoms with Gasteiger partial charge in [-0.25, -0.2) is 0 Å². The van der Waals surface area contributed by atoms with Crippen LogP contribution in [-0.2, 0) is 0 Å². The number of hydrogen-bond acceptors (Lipinski definition) is 0. The number of halogens is 2. The topological polar surface area (TPSA) is 0 Å². The summed E-state index contributed by atoms with van der Waals surface area (Å²) in [6, 6.07) is 10.6. The monoisotopic (exact) mass is 318 g/mol.